The lowest BCUT2D eigenvalue weighted by Crippen LogP contribution is -2.19. The third-order valence-corrected chi connectivity index (χ3v) is 3.14. The number of phosphoric acid groups is 2. The Labute approximate surface area is 86.0 Å². The minimum absolute atomic E-state index is 0.319. The van der Waals surface area contributed by atoms with Gasteiger partial charge in [0, 0.05) is 0 Å². The fourth-order valence-corrected chi connectivity index (χ4v) is 2.07. The van der Waals surface area contributed by atoms with E-state index in [1.165, 1.54) is 13.0 Å². The van der Waals surface area contributed by atoms with Crippen LogP contribution in [0.2, 0.25) is 0 Å². The van der Waals surface area contributed by atoms with Crippen LogP contribution in [0.25, 0.3) is 0 Å². The molecule has 0 spiro atoms. The van der Waals surface area contributed by atoms with Crippen LogP contribution in [-0.2, 0) is 18.0 Å². The first kappa shape index (κ1) is 15.0. The fraction of sp³-hybridized carbons (Fsp3) is 0.600. The van der Waals surface area contributed by atoms with Gasteiger partial charge in [0.05, 0.1) is 21.0 Å². The molecular weight excluding hydrogens is 250 g/mol. The highest BCUT2D eigenvalue weighted by Gasteiger charge is 2.11. The van der Waals surface area contributed by atoms with Crippen molar-refractivity contribution in [2.24, 2.45) is 0 Å². The van der Waals surface area contributed by atoms with Crippen molar-refractivity contribution in [3.05, 3.63) is 11.6 Å². The van der Waals surface area contributed by atoms with Gasteiger partial charge in [0.15, 0.2) is 0 Å². The van der Waals surface area contributed by atoms with E-state index in [1.807, 2.05) is 0 Å². The molecule has 15 heavy (non-hydrogen) atoms. The summed E-state index contributed by atoms with van der Waals surface area (Å²) in [5.74, 6) is 0. The van der Waals surface area contributed by atoms with Crippen molar-refractivity contribution in [3.8, 4) is 0 Å². The van der Waals surface area contributed by atoms with Crippen LogP contribution in [0.15, 0.2) is 11.6 Å². The summed E-state index contributed by atoms with van der Waals surface area (Å²) in [5, 5.41) is 8.40. The summed E-state index contributed by atoms with van der Waals surface area (Å²) in [6.45, 7) is 0.617. The monoisotopic (exact) mass is 259 g/mol. The summed E-state index contributed by atoms with van der Waals surface area (Å²) >= 11 is 0. The number of aliphatic hydroxyl groups is 1. The summed E-state index contributed by atoms with van der Waals surface area (Å²) < 4.78 is 27.9. The second-order valence-corrected chi connectivity index (χ2v) is 5.18. The van der Waals surface area contributed by atoms with Gasteiger partial charge in [0.1, 0.15) is 0 Å². The van der Waals surface area contributed by atoms with Gasteiger partial charge in [0.2, 0.25) is 0 Å². The lowest BCUT2D eigenvalue weighted by molar-refractivity contribution is -0.339. The molecule has 0 heterocycles. The van der Waals surface area contributed by atoms with Crippen LogP contribution in [0, 0.1) is 0 Å². The molecule has 90 valence electrons. The Morgan fingerprint density at radius 1 is 1.40 bits per heavy atom. The Morgan fingerprint density at radius 2 is 1.93 bits per heavy atom. The van der Waals surface area contributed by atoms with Crippen LogP contribution >= 0.6 is 15.6 Å². The smallest absolute Gasteiger partial charge is 0.272 e. The van der Waals surface area contributed by atoms with Gasteiger partial charge in [-0.2, -0.15) is 0 Å². The second-order valence-electron chi connectivity index (χ2n) is 2.48. The molecule has 0 fully saturated rings. The predicted molar refractivity (Wildman–Crippen MR) is 43.1 cm³/mol. The second kappa shape index (κ2) is 5.89. The molecule has 0 aliphatic rings. The minimum atomic E-state index is -5.63. The molecule has 0 saturated heterocycles. The van der Waals surface area contributed by atoms with E-state index in [9.17, 15) is 23.8 Å². The highest BCUT2D eigenvalue weighted by molar-refractivity contribution is 7.58. The zero-order valence-corrected chi connectivity index (χ0v) is 9.48. The number of hydrogen-bond donors (Lipinski definition) is 1. The first-order valence-electron chi connectivity index (χ1n) is 3.62. The van der Waals surface area contributed by atoms with E-state index in [1.54, 1.807) is 0 Å². The van der Waals surface area contributed by atoms with Crippen molar-refractivity contribution in [1.29, 1.82) is 0 Å². The molecule has 0 radical (unpaired) electrons. The molecule has 1 unspecified atom stereocenters. The van der Waals surface area contributed by atoms with Crippen molar-refractivity contribution >= 4 is 15.6 Å². The lowest BCUT2D eigenvalue weighted by Gasteiger charge is -2.35. The molecule has 0 saturated carbocycles. The highest BCUT2D eigenvalue weighted by Crippen LogP contribution is 2.50. The molecule has 1 N–H and O–H groups in total. The summed E-state index contributed by atoms with van der Waals surface area (Å²) in [6.07, 6.45) is 1.24. The van der Waals surface area contributed by atoms with Crippen molar-refractivity contribution in [3.63, 3.8) is 0 Å². The highest BCUT2D eigenvalue weighted by atomic mass is 31.3. The van der Waals surface area contributed by atoms with Gasteiger partial charge in [-0.15, -0.1) is 0 Å². The maximum Gasteiger partial charge on any atom is 0.272 e. The number of phosphoric ester groups is 1. The van der Waals surface area contributed by atoms with Crippen LogP contribution in [0.1, 0.15) is 6.92 Å². The predicted octanol–water partition coefficient (Wildman–Crippen LogP) is -1.74. The molecule has 0 aromatic heterocycles. The zero-order chi connectivity index (χ0) is 12.1. The number of aliphatic hydroxyl groups excluding tert-OH is 1. The van der Waals surface area contributed by atoms with E-state index >= 15 is 0 Å². The van der Waals surface area contributed by atoms with E-state index in [0.29, 0.717) is 5.57 Å². The van der Waals surface area contributed by atoms with Gasteiger partial charge < -0.3 is 28.9 Å². The number of hydrogen-bond acceptors (Lipinski definition) is 8. The van der Waals surface area contributed by atoms with Gasteiger partial charge in [0.25, 0.3) is 7.82 Å². The van der Waals surface area contributed by atoms with Gasteiger partial charge in [-0.05, 0) is 12.5 Å². The molecule has 0 amide bonds. The fourth-order valence-electron chi connectivity index (χ4n) is 0.542. The standard InChI is InChI=1S/C5H12O8P2/c1-5(2-3-6)4-12-15(10,11)13-14(7,8)9/h2,6H,3-4H2,1H3,(H,10,11)(H2,7,8,9)/p-3/b5-2+. The maximum atomic E-state index is 10.7. The molecule has 0 aromatic rings. The molecule has 0 aromatic carbocycles. The first-order valence-corrected chi connectivity index (χ1v) is 6.54. The maximum absolute atomic E-state index is 10.7. The van der Waals surface area contributed by atoms with Crippen molar-refractivity contribution < 1.29 is 37.8 Å². The molecule has 8 nitrogen and oxygen atoms in total. The SMILES string of the molecule is C/C(=C\CO)COP(=O)([O-])OP(=O)([O-])[O-]. The van der Waals surface area contributed by atoms with Gasteiger partial charge in [-0.25, -0.2) is 0 Å². The van der Waals surface area contributed by atoms with Crippen LogP contribution in [-0.4, -0.2) is 18.3 Å². The van der Waals surface area contributed by atoms with Gasteiger partial charge in [-0.3, -0.25) is 8.88 Å². The average Bonchev–Trinajstić information content (AvgIpc) is 1.97. The summed E-state index contributed by atoms with van der Waals surface area (Å²) in [7, 11) is -10.8. The lowest BCUT2D eigenvalue weighted by atomic mass is 10.3. The topological polar surface area (TPSA) is 142 Å². The van der Waals surface area contributed by atoms with Crippen LogP contribution in [0.4, 0.5) is 0 Å². The van der Waals surface area contributed by atoms with Crippen LogP contribution in [0.5, 0.6) is 0 Å². The summed E-state index contributed by atoms with van der Waals surface area (Å²) in [6, 6.07) is 0. The van der Waals surface area contributed by atoms with Gasteiger partial charge in [-0.1, -0.05) is 6.08 Å². The summed E-state index contributed by atoms with van der Waals surface area (Å²) in [4.78, 5) is 30.6. The van der Waals surface area contributed by atoms with Crippen LogP contribution < -0.4 is 14.7 Å². The summed E-state index contributed by atoms with van der Waals surface area (Å²) in [5.41, 5.74) is 0.337. The Balaban J connectivity index is 4.23. The molecule has 1 atom stereocenters. The largest absolute Gasteiger partial charge is 0.790 e. The molecular formula is C5H9O8P2-3. The Bertz CT molecular complexity index is 317. The van der Waals surface area contributed by atoms with E-state index < -0.39 is 22.3 Å². The average molecular weight is 259 g/mol. The minimum Gasteiger partial charge on any atom is -0.790 e. The van der Waals surface area contributed by atoms with Crippen molar-refractivity contribution in [2.75, 3.05) is 13.2 Å². The first-order chi connectivity index (χ1) is 6.66. The Kier molecular flexibility index (Phi) is 5.87. The van der Waals surface area contributed by atoms with E-state index in [4.69, 9.17) is 5.11 Å². The van der Waals surface area contributed by atoms with Crippen molar-refractivity contribution in [2.45, 2.75) is 6.92 Å². The zero-order valence-electron chi connectivity index (χ0n) is 7.69. The Morgan fingerprint density at radius 3 is 2.33 bits per heavy atom. The Hall–Kier alpha value is -0.0400. The van der Waals surface area contributed by atoms with Crippen molar-refractivity contribution in [1.82, 2.24) is 0 Å². The quantitative estimate of drug-likeness (QED) is 0.437. The molecule has 10 heteroatoms. The molecule has 0 aliphatic carbocycles. The molecule has 0 rings (SSSR count). The number of rotatable bonds is 6. The molecule has 0 bridgehead atoms. The normalized spacial score (nSPS) is 17.5. The third kappa shape index (κ3) is 8.92. The molecule has 0 aliphatic heterocycles. The third-order valence-electron chi connectivity index (χ3n) is 1.09. The van der Waals surface area contributed by atoms with Gasteiger partial charge >= 0.3 is 0 Å². The van der Waals surface area contributed by atoms with E-state index in [0.717, 1.165) is 0 Å². The van der Waals surface area contributed by atoms with E-state index in [2.05, 4.69) is 8.83 Å². The van der Waals surface area contributed by atoms with Crippen LogP contribution in [0.3, 0.4) is 0 Å². The van der Waals surface area contributed by atoms with E-state index in [-0.39, 0.29) is 6.61 Å².